The highest BCUT2D eigenvalue weighted by molar-refractivity contribution is 5.79. The topological polar surface area (TPSA) is 35.0 Å². The Labute approximate surface area is 164 Å². The van der Waals surface area contributed by atoms with Gasteiger partial charge in [-0.3, -0.25) is 0 Å². The van der Waals surface area contributed by atoms with Crippen LogP contribution in [0.5, 0.6) is 5.75 Å². The maximum atomic E-state index is 5.42. The molecule has 1 heterocycles. The summed E-state index contributed by atoms with van der Waals surface area (Å²) in [5, 5.41) is 0. The van der Waals surface area contributed by atoms with Gasteiger partial charge >= 0.3 is 0 Å². The fourth-order valence-corrected chi connectivity index (χ4v) is 3.89. The lowest BCUT2D eigenvalue weighted by atomic mass is 9.86. The van der Waals surface area contributed by atoms with E-state index < -0.39 is 0 Å². The first kappa shape index (κ1) is 16.7. The van der Waals surface area contributed by atoms with Crippen molar-refractivity contribution in [2.24, 2.45) is 0 Å². The van der Waals surface area contributed by atoms with E-state index in [1.54, 1.807) is 7.11 Å². The van der Waals surface area contributed by atoms with Gasteiger partial charge in [0.15, 0.2) is 5.82 Å². The summed E-state index contributed by atoms with van der Waals surface area (Å²) in [4.78, 5) is 10.0. The highest BCUT2D eigenvalue weighted by atomic mass is 16.5. The molecule has 3 nitrogen and oxygen atoms in total. The molecule has 0 saturated carbocycles. The Morgan fingerprint density at radius 1 is 0.714 bits per heavy atom. The van der Waals surface area contributed by atoms with Crippen LogP contribution in [0.2, 0.25) is 0 Å². The summed E-state index contributed by atoms with van der Waals surface area (Å²) in [6.45, 7) is 0. The van der Waals surface area contributed by atoms with E-state index in [1.807, 2.05) is 30.3 Å². The van der Waals surface area contributed by atoms with E-state index in [2.05, 4.69) is 48.5 Å². The Kier molecular flexibility index (Phi) is 4.13. The molecular formula is C25H20N2O. The van der Waals surface area contributed by atoms with Crippen LogP contribution in [0.4, 0.5) is 0 Å². The van der Waals surface area contributed by atoms with Crippen LogP contribution in [0.1, 0.15) is 11.1 Å². The summed E-state index contributed by atoms with van der Waals surface area (Å²) in [6.07, 6.45) is 1.89. The fourth-order valence-electron chi connectivity index (χ4n) is 3.89. The third-order valence-electron chi connectivity index (χ3n) is 5.30. The number of aryl methyl sites for hydroxylation is 1. The predicted octanol–water partition coefficient (Wildman–Crippen LogP) is 5.58. The smallest absolute Gasteiger partial charge is 0.160 e. The van der Waals surface area contributed by atoms with Crippen LogP contribution < -0.4 is 4.74 Å². The molecule has 0 spiro atoms. The Morgan fingerprint density at radius 2 is 1.39 bits per heavy atom. The van der Waals surface area contributed by atoms with Crippen molar-refractivity contribution in [1.29, 1.82) is 0 Å². The van der Waals surface area contributed by atoms with Crippen LogP contribution in [0, 0.1) is 0 Å². The molecule has 0 unspecified atom stereocenters. The lowest BCUT2D eigenvalue weighted by Gasteiger charge is -2.23. The molecule has 5 rings (SSSR count). The molecule has 136 valence electrons. The van der Waals surface area contributed by atoms with Crippen molar-refractivity contribution in [2.75, 3.05) is 7.11 Å². The predicted molar refractivity (Wildman–Crippen MR) is 112 cm³/mol. The number of rotatable bonds is 3. The molecule has 28 heavy (non-hydrogen) atoms. The van der Waals surface area contributed by atoms with Crippen LogP contribution >= 0.6 is 0 Å². The lowest BCUT2D eigenvalue weighted by molar-refractivity contribution is 0.414. The SMILES string of the molecule is COc1ccc2c(c1)CCc1c(-c3ccccc3)nc(-c3ccccc3)nc1-2. The van der Waals surface area contributed by atoms with Gasteiger partial charge in [0.1, 0.15) is 5.75 Å². The molecule has 0 atom stereocenters. The normalized spacial score (nSPS) is 12.2. The summed E-state index contributed by atoms with van der Waals surface area (Å²) < 4.78 is 5.42. The van der Waals surface area contributed by atoms with Crippen molar-refractivity contribution in [3.8, 4) is 39.7 Å². The van der Waals surface area contributed by atoms with Crippen molar-refractivity contribution in [1.82, 2.24) is 9.97 Å². The molecule has 1 aliphatic rings. The van der Waals surface area contributed by atoms with Gasteiger partial charge in [-0.1, -0.05) is 60.7 Å². The summed E-state index contributed by atoms with van der Waals surface area (Å²) in [5.41, 5.74) is 7.92. The molecule has 1 aromatic heterocycles. The Hall–Kier alpha value is -3.46. The average Bonchev–Trinajstić information content (AvgIpc) is 2.79. The minimum Gasteiger partial charge on any atom is -0.497 e. The van der Waals surface area contributed by atoms with Crippen molar-refractivity contribution in [2.45, 2.75) is 12.8 Å². The largest absolute Gasteiger partial charge is 0.497 e. The number of methoxy groups -OCH3 is 1. The van der Waals surface area contributed by atoms with E-state index in [-0.39, 0.29) is 0 Å². The van der Waals surface area contributed by atoms with E-state index in [0.717, 1.165) is 46.9 Å². The summed E-state index contributed by atoms with van der Waals surface area (Å²) in [6, 6.07) is 26.9. The van der Waals surface area contributed by atoms with Gasteiger partial charge in [-0.05, 0) is 36.6 Å². The number of fused-ring (bicyclic) bond motifs is 3. The van der Waals surface area contributed by atoms with Crippen molar-refractivity contribution in [3.63, 3.8) is 0 Å². The van der Waals surface area contributed by atoms with E-state index in [4.69, 9.17) is 14.7 Å². The van der Waals surface area contributed by atoms with Crippen LogP contribution in [0.25, 0.3) is 33.9 Å². The molecular weight excluding hydrogens is 344 g/mol. The number of nitrogens with zero attached hydrogens (tertiary/aromatic N) is 2. The second-order valence-electron chi connectivity index (χ2n) is 6.98. The van der Waals surface area contributed by atoms with Crippen molar-refractivity contribution >= 4 is 0 Å². The number of hydrogen-bond acceptors (Lipinski definition) is 3. The zero-order valence-corrected chi connectivity index (χ0v) is 15.7. The van der Waals surface area contributed by atoms with Gasteiger partial charge in [0.25, 0.3) is 0 Å². The van der Waals surface area contributed by atoms with Crippen molar-refractivity contribution in [3.05, 3.63) is 90.0 Å². The standard InChI is InChI=1S/C25H20N2O/c1-28-20-13-15-21-19(16-20)12-14-22-23(17-8-4-2-5-9-17)26-25(27-24(21)22)18-10-6-3-7-11-18/h2-11,13,15-16H,12,14H2,1H3. The molecule has 0 fully saturated rings. The van der Waals surface area contributed by atoms with E-state index >= 15 is 0 Å². The minimum absolute atomic E-state index is 0.766. The first-order valence-electron chi connectivity index (χ1n) is 9.52. The maximum absolute atomic E-state index is 5.42. The van der Waals surface area contributed by atoms with E-state index in [1.165, 1.54) is 16.7 Å². The third-order valence-corrected chi connectivity index (χ3v) is 5.30. The summed E-state index contributed by atoms with van der Waals surface area (Å²) in [7, 11) is 1.71. The Morgan fingerprint density at radius 3 is 2.11 bits per heavy atom. The highest BCUT2D eigenvalue weighted by Crippen LogP contribution is 2.39. The van der Waals surface area contributed by atoms with E-state index in [0.29, 0.717) is 0 Å². The van der Waals surface area contributed by atoms with Gasteiger partial charge in [0.05, 0.1) is 18.5 Å². The zero-order chi connectivity index (χ0) is 18.9. The first-order chi connectivity index (χ1) is 13.8. The van der Waals surface area contributed by atoms with Gasteiger partial charge in [-0.25, -0.2) is 9.97 Å². The van der Waals surface area contributed by atoms with E-state index in [9.17, 15) is 0 Å². The molecule has 0 bridgehead atoms. The monoisotopic (exact) mass is 364 g/mol. The molecule has 0 aliphatic heterocycles. The van der Waals surface area contributed by atoms with Crippen LogP contribution in [-0.4, -0.2) is 17.1 Å². The molecule has 0 radical (unpaired) electrons. The first-order valence-corrected chi connectivity index (χ1v) is 9.52. The quantitative estimate of drug-likeness (QED) is 0.476. The molecule has 4 aromatic rings. The molecule has 1 aliphatic carbocycles. The van der Waals surface area contributed by atoms with Gasteiger partial charge < -0.3 is 4.74 Å². The number of ether oxygens (including phenoxy) is 1. The molecule has 0 amide bonds. The molecule has 0 saturated heterocycles. The van der Waals surface area contributed by atoms with Crippen LogP contribution in [-0.2, 0) is 12.8 Å². The number of aromatic nitrogens is 2. The number of hydrogen-bond donors (Lipinski definition) is 0. The van der Waals surface area contributed by atoms with Gasteiger partial charge in [-0.2, -0.15) is 0 Å². The van der Waals surface area contributed by atoms with Crippen LogP contribution in [0.15, 0.2) is 78.9 Å². The molecule has 3 heteroatoms. The van der Waals surface area contributed by atoms with Crippen molar-refractivity contribution < 1.29 is 4.74 Å². The van der Waals surface area contributed by atoms with Gasteiger partial charge in [0, 0.05) is 22.3 Å². The summed E-state index contributed by atoms with van der Waals surface area (Å²) >= 11 is 0. The molecule has 0 N–H and O–H groups in total. The number of benzene rings is 3. The minimum atomic E-state index is 0.766. The second kappa shape index (κ2) is 6.93. The maximum Gasteiger partial charge on any atom is 0.160 e. The van der Waals surface area contributed by atoms with Gasteiger partial charge in [0.2, 0.25) is 0 Å². The zero-order valence-electron chi connectivity index (χ0n) is 15.7. The molecule has 3 aromatic carbocycles. The Balaban J connectivity index is 1.77. The Bertz CT molecular complexity index is 1140. The lowest BCUT2D eigenvalue weighted by Crippen LogP contribution is -2.10. The fraction of sp³-hybridized carbons (Fsp3) is 0.120. The van der Waals surface area contributed by atoms with Crippen LogP contribution in [0.3, 0.4) is 0 Å². The third kappa shape index (κ3) is 2.85. The average molecular weight is 364 g/mol. The van der Waals surface area contributed by atoms with Gasteiger partial charge in [-0.15, -0.1) is 0 Å². The second-order valence-corrected chi connectivity index (χ2v) is 6.98. The summed E-state index contributed by atoms with van der Waals surface area (Å²) in [5.74, 6) is 1.66. The highest BCUT2D eigenvalue weighted by Gasteiger charge is 2.24.